The van der Waals surface area contributed by atoms with E-state index in [0.29, 0.717) is 5.69 Å². The largest absolute Gasteiger partial charge is 0.458 e. The summed E-state index contributed by atoms with van der Waals surface area (Å²) in [4.78, 5) is 40.1. The molecule has 0 aliphatic rings. The molecule has 3 rings (SSSR count). The van der Waals surface area contributed by atoms with Crippen LogP contribution < -0.4 is 10.0 Å². The fraction of sp³-hybridized carbons (Fsp3) is 0.167. The molecule has 0 fully saturated rings. The maximum absolute atomic E-state index is 12.6. The van der Waals surface area contributed by atoms with Gasteiger partial charge in [-0.15, -0.1) is 0 Å². The Kier molecular flexibility index (Phi) is 7.75. The van der Waals surface area contributed by atoms with E-state index in [0.717, 1.165) is 11.8 Å². The zero-order valence-corrected chi connectivity index (χ0v) is 19.3. The van der Waals surface area contributed by atoms with E-state index in [-0.39, 0.29) is 34.6 Å². The fourth-order valence-corrected chi connectivity index (χ4v) is 3.84. The molecule has 0 atom stereocenters. The number of hydrogen-bond acceptors (Lipinski definition) is 7. The van der Waals surface area contributed by atoms with Crippen molar-refractivity contribution in [1.29, 1.82) is 0 Å². The van der Waals surface area contributed by atoms with Gasteiger partial charge in [0.25, 0.3) is 15.9 Å². The molecule has 0 spiro atoms. The lowest BCUT2D eigenvalue weighted by molar-refractivity contribution is -0.115. The molecule has 2 aromatic carbocycles. The lowest BCUT2D eigenvalue weighted by atomic mass is 10.1. The summed E-state index contributed by atoms with van der Waals surface area (Å²) in [6.07, 6.45) is 0.942. The number of nitrogens with zero attached hydrogens (tertiary/aromatic N) is 1. The molecule has 2 amide bonds. The smallest absolute Gasteiger partial charge is 0.357 e. The van der Waals surface area contributed by atoms with Gasteiger partial charge in [-0.05, 0) is 55.8 Å². The summed E-state index contributed by atoms with van der Waals surface area (Å²) in [5, 5.41) is 2.69. The van der Waals surface area contributed by atoms with Gasteiger partial charge in [0.15, 0.2) is 0 Å². The summed E-state index contributed by atoms with van der Waals surface area (Å²) in [6, 6.07) is 17.2. The molecule has 3 aromatic rings. The molecule has 0 aliphatic heterocycles. The quantitative estimate of drug-likeness (QED) is 0.473. The first-order chi connectivity index (χ1) is 16.1. The summed E-state index contributed by atoms with van der Waals surface area (Å²) in [5.74, 6) is -1.80. The van der Waals surface area contributed by atoms with Gasteiger partial charge in [-0.3, -0.25) is 9.59 Å². The predicted molar refractivity (Wildman–Crippen MR) is 125 cm³/mol. The molecular formula is C24H23N3O6S. The second kappa shape index (κ2) is 10.7. The van der Waals surface area contributed by atoms with Gasteiger partial charge >= 0.3 is 5.97 Å². The number of amides is 2. The van der Waals surface area contributed by atoms with Crippen LogP contribution in [0.3, 0.4) is 0 Å². The van der Waals surface area contributed by atoms with Crippen molar-refractivity contribution in [1.82, 2.24) is 9.71 Å². The number of hydrogen-bond donors (Lipinski definition) is 2. The van der Waals surface area contributed by atoms with E-state index in [9.17, 15) is 22.8 Å². The molecule has 176 valence electrons. The Bertz CT molecular complexity index is 1270. The van der Waals surface area contributed by atoms with Gasteiger partial charge in [0, 0.05) is 11.9 Å². The standard InChI is InChI=1S/C24H23N3O6S/c1-16(2)33-24(30)21-13-8-18(15-25-21)23(29)27-34(31,32)20-11-9-19(10-12-20)26-22(28)14-17-6-4-3-5-7-17/h3-13,15-16H,14H2,1-2H3,(H,26,28)(H,27,29). The minimum Gasteiger partial charge on any atom is -0.458 e. The molecule has 0 saturated carbocycles. The highest BCUT2D eigenvalue weighted by Gasteiger charge is 2.20. The summed E-state index contributed by atoms with van der Waals surface area (Å²) in [7, 11) is -4.18. The first-order valence-electron chi connectivity index (χ1n) is 10.3. The Morgan fingerprint density at radius 3 is 2.21 bits per heavy atom. The highest BCUT2D eigenvalue weighted by atomic mass is 32.2. The van der Waals surface area contributed by atoms with Crippen molar-refractivity contribution >= 4 is 33.5 Å². The second-order valence-electron chi connectivity index (χ2n) is 7.56. The third-order valence-corrected chi connectivity index (χ3v) is 5.81. The fourth-order valence-electron chi connectivity index (χ4n) is 2.87. The van der Waals surface area contributed by atoms with Gasteiger partial charge in [0.1, 0.15) is 5.69 Å². The number of sulfonamides is 1. The lowest BCUT2D eigenvalue weighted by Gasteiger charge is -2.10. The Hall–Kier alpha value is -4.05. The molecule has 2 N–H and O–H groups in total. The summed E-state index contributed by atoms with van der Waals surface area (Å²) in [6.45, 7) is 3.38. The number of nitrogens with one attached hydrogen (secondary N) is 2. The number of esters is 1. The number of carbonyl (C=O) groups excluding carboxylic acids is 3. The second-order valence-corrected chi connectivity index (χ2v) is 9.24. The molecule has 34 heavy (non-hydrogen) atoms. The molecule has 0 radical (unpaired) electrons. The van der Waals surface area contributed by atoms with Gasteiger partial charge in [-0.25, -0.2) is 22.9 Å². The number of anilines is 1. The Morgan fingerprint density at radius 2 is 1.62 bits per heavy atom. The van der Waals surface area contributed by atoms with Crippen LogP contribution in [0, 0.1) is 0 Å². The van der Waals surface area contributed by atoms with Crippen LogP contribution in [0.5, 0.6) is 0 Å². The average molecular weight is 482 g/mol. The van der Waals surface area contributed by atoms with Crippen LogP contribution in [0.15, 0.2) is 77.8 Å². The van der Waals surface area contributed by atoms with E-state index in [2.05, 4.69) is 10.3 Å². The minimum atomic E-state index is -4.18. The van der Waals surface area contributed by atoms with E-state index < -0.39 is 21.9 Å². The minimum absolute atomic E-state index is 0.00185. The van der Waals surface area contributed by atoms with Crippen molar-refractivity contribution < 1.29 is 27.5 Å². The van der Waals surface area contributed by atoms with Crippen LogP contribution in [0.1, 0.15) is 40.3 Å². The number of benzene rings is 2. The molecule has 1 heterocycles. The maximum Gasteiger partial charge on any atom is 0.357 e. The van der Waals surface area contributed by atoms with E-state index in [4.69, 9.17) is 4.74 Å². The van der Waals surface area contributed by atoms with Crippen LogP contribution in [0.4, 0.5) is 5.69 Å². The molecule has 0 aliphatic carbocycles. The van der Waals surface area contributed by atoms with E-state index in [1.807, 2.05) is 35.1 Å². The van der Waals surface area contributed by atoms with Gasteiger partial charge in [-0.2, -0.15) is 0 Å². The first kappa shape index (κ1) is 24.6. The van der Waals surface area contributed by atoms with Crippen LogP contribution >= 0.6 is 0 Å². The molecule has 0 saturated heterocycles. The number of pyridine rings is 1. The van der Waals surface area contributed by atoms with E-state index in [1.165, 1.54) is 36.4 Å². The van der Waals surface area contributed by atoms with Crippen LogP contribution in [0.2, 0.25) is 0 Å². The van der Waals surface area contributed by atoms with Crippen LogP contribution in [-0.4, -0.2) is 37.3 Å². The monoisotopic (exact) mass is 481 g/mol. The maximum atomic E-state index is 12.6. The molecule has 1 aromatic heterocycles. The Balaban J connectivity index is 1.61. The Morgan fingerprint density at radius 1 is 0.941 bits per heavy atom. The van der Waals surface area contributed by atoms with Crippen molar-refractivity contribution in [2.75, 3.05) is 5.32 Å². The topological polar surface area (TPSA) is 132 Å². The zero-order valence-electron chi connectivity index (χ0n) is 18.5. The first-order valence-corrected chi connectivity index (χ1v) is 11.8. The molecule has 10 heteroatoms. The third kappa shape index (κ3) is 6.72. The van der Waals surface area contributed by atoms with Crippen molar-refractivity contribution in [3.8, 4) is 0 Å². The van der Waals surface area contributed by atoms with Gasteiger partial charge in [0.05, 0.1) is 23.0 Å². The highest BCUT2D eigenvalue weighted by molar-refractivity contribution is 7.90. The summed E-state index contributed by atoms with van der Waals surface area (Å²) in [5.41, 5.74) is 1.22. The molecule has 9 nitrogen and oxygen atoms in total. The number of ether oxygens (including phenoxy) is 1. The van der Waals surface area contributed by atoms with Crippen LogP contribution in [0.25, 0.3) is 0 Å². The highest BCUT2D eigenvalue weighted by Crippen LogP contribution is 2.15. The third-order valence-electron chi connectivity index (χ3n) is 4.46. The molecule has 0 bridgehead atoms. The van der Waals surface area contributed by atoms with Crippen LogP contribution in [-0.2, 0) is 26.0 Å². The van der Waals surface area contributed by atoms with Gasteiger partial charge in [-0.1, -0.05) is 30.3 Å². The van der Waals surface area contributed by atoms with Crippen molar-refractivity contribution in [3.05, 3.63) is 89.7 Å². The SMILES string of the molecule is CC(C)OC(=O)c1ccc(C(=O)NS(=O)(=O)c2ccc(NC(=O)Cc3ccccc3)cc2)cn1. The number of carbonyl (C=O) groups is 3. The van der Waals surface area contributed by atoms with Crippen molar-refractivity contribution in [2.24, 2.45) is 0 Å². The van der Waals surface area contributed by atoms with Gasteiger partial charge < -0.3 is 10.1 Å². The Labute approximate surface area is 197 Å². The number of aromatic nitrogens is 1. The normalized spacial score (nSPS) is 11.0. The van der Waals surface area contributed by atoms with Gasteiger partial charge in [0.2, 0.25) is 5.91 Å². The molecule has 0 unspecified atom stereocenters. The summed E-state index contributed by atoms with van der Waals surface area (Å²) >= 11 is 0. The van der Waals surface area contributed by atoms with E-state index >= 15 is 0 Å². The zero-order chi connectivity index (χ0) is 24.7. The predicted octanol–water partition coefficient (Wildman–Crippen LogP) is 2.95. The van der Waals surface area contributed by atoms with Crippen molar-refractivity contribution in [3.63, 3.8) is 0 Å². The lowest BCUT2D eigenvalue weighted by Crippen LogP contribution is -2.30. The molecular weight excluding hydrogens is 458 g/mol. The van der Waals surface area contributed by atoms with E-state index in [1.54, 1.807) is 13.8 Å². The van der Waals surface area contributed by atoms with Crippen molar-refractivity contribution in [2.45, 2.75) is 31.3 Å². The average Bonchev–Trinajstić information content (AvgIpc) is 2.79. The number of rotatable bonds is 8. The summed E-state index contributed by atoms with van der Waals surface area (Å²) < 4.78 is 32.1.